The van der Waals surface area contributed by atoms with E-state index in [1.165, 1.54) is 103 Å². The van der Waals surface area contributed by atoms with Crippen molar-refractivity contribution in [3.8, 4) is 0 Å². The Balaban J connectivity index is 3.48. The summed E-state index contributed by atoms with van der Waals surface area (Å²) in [6, 6.07) is 0. The molecule has 3 heteroatoms. The molecule has 0 spiro atoms. The summed E-state index contributed by atoms with van der Waals surface area (Å²) < 4.78 is 12.3. The van der Waals surface area contributed by atoms with Gasteiger partial charge in [0.25, 0.3) is 0 Å². The van der Waals surface area contributed by atoms with Crippen molar-refractivity contribution in [1.82, 2.24) is 0 Å². The molecule has 0 bridgehead atoms. The lowest BCUT2D eigenvalue weighted by molar-refractivity contribution is 0.0711. The predicted molar refractivity (Wildman–Crippen MR) is 128 cm³/mol. The van der Waals surface area contributed by atoms with Gasteiger partial charge in [-0.25, -0.2) is 0 Å². The molecular weight excluding hydrogens is 364 g/mol. The smallest absolute Gasteiger partial charge is 0.133 e. The van der Waals surface area contributed by atoms with Gasteiger partial charge in [-0.1, -0.05) is 128 Å². The van der Waals surface area contributed by atoms with Crippen molar-refractivity contribution >= 4 is 11.2 Å². The Morgan fingerprint density at radius 1 is 0.607 bits per heavy atom. The molecule has 0 heterocycles. The molecule has 0 saturated heterocycles. The minimum Gasteiger partial charge on any atom is -0.616 e. The molecule has 0 amide bonds. The highest BCUT2D eigenvalue weighted by Crippen LogP contribution is 2.19. The summed E-state index contributed by atoms with van der Waals surface area (Å²) in [5, 5.41) is 10.5. The zero-order valence-electron chi connectivity index (χ0n) is 19.6. The second kappa shape index (κ2) is 20.5. The van der Waals surface area contributed by atoms with Crippen molar-refractivity contribution in [3.05, 3.63) is 0 Å². The molecule has 0 aromatic rings. The lowest BCUT2D eigenvalue weighted by Gasteiger charge is -2.24. The fraction of sp³-hybridized carbons (Fsp3) is 1.00. The van der Waals surface area contributed by atoms with E-state index in [4.69, 9.17) is 0 Å². The van der Waals surface area contributed by atoms with Gasteiger partial charge >= 0.3 is 0 Å². The van der Waals surface area contributed by atoms with Gasteiger partial charge in [-0.3, -0.25) is 0 Å². The van der Waals surface area contributed by atoms with Gasteiger partial charge in [0.1, 0.15) is 17.1 Å². The van der Waals surface area contributed by atoms with E-state index in [2.05, 4.69) is 13.8 Å². The Labute approximate surface area is 180 Å². The first-order valence-corrected chi connectivity index (χ1v) is 14.1. The number of aliphatic hydroxyl groups is 1. The molecule has 170 valence electrons. The number of rotatable bonds is 22. The minimum atomic E-state index is -0.865. The molecule has 2 atom stereocenters. The van der Waals surface area contributed by atoms with Crippen LogP contribution in [0.3, 0.4) is 0 Å². The van der Waals surface area contributed by atoms with Gasteiger partial charge in [0.05, 0.1) is 0 Å². The Morgan fingerprint density at radius 3 is 1.39 bits per heavy atom. The monoisotopic (exact) mass is 416 g/mol. The average molecular weight is 417 g/mol. The second-order valence-corrected chi connectivity index (χ2v) is 10.8. The van der Waals surface area contributed by atoms with Gasteiger partial charge < -0.3 is 9.66 Å². The largest absolute Gasteiger partial charge is 0.616 e. The van der Waals surface area contributed by atoms with Gasteiger partial charge in [0.15, 0.2) is 0 Å². The topological polar surface area (TPSA) is 43.3 Å². The van der Waals surface area contributed by atoms with Gasteiger partial charge in [0, 0.05) is 0 Å². The van der Waals surface area contributed by atoms with Crippen LogP contribution in [0.25, 0.3) is 0 Å². The number of unbranched alkanes of at least 4 members (excludes halogenated alkanes) is 16. The van der Waals surface area contributed by atoms with Crippen molar-refractivity contribution in [1.29, 1.82) is 0 Å². The van der Waals surface area contributed by atoms with Crippen molar-refractivity contribution in [2.45, 2.75) is 148 Å². The van der Waals surface area contributed by atoms with Crippen molar-refractivity contribution < 1.29 is 9.66 Å². The predicted octanol–water partition coefficient (Wildman–Crippen LogP) is 7.94. The summed E-state index contributed by atoms with van der Waals surface area (Å²) in [6.07, 6.45) is 24.2. The van der Waals surface area contributed by atoms with Crippen LogP contribution in [0.15, 0.2) is 0 Å². The van der Waals surface area contributed by atoms with E-state index in [9.17, 15) is 9.66 Å². The summed E-state index contributed by atoms with van der Waals surface area (Å²) in [6.45, 7) is 6.40. The molecule has 28 heavy (non-hydrogen) atoms. The second-order valence-electron chi connectivity index (χ2n) is 9.19. The third-order valence-corrected chi connectivity index (χ3v) is 7.45. The first-order chi connectivity index (χ1) is 13.5. The maximum Gasteiger partial charge on any atom is 0.133 e. The summed E-state index contributed by atoms with van der Waals surface area (Å²) in [7, 11) is 0. The molecule has 0 aliphatic heterocycles. The van der Waals surface area contributed by atoms with Crippen LogP contribution in [0.4, 0.5) is 0 Å². The summed E-state index contributed by atoms with van der Waals surface area (Å²) in [5.74, 6) is 1.23. The van der Waals surface area contributed by atoms with Crippen LogP contribution in [-0.4, -0.2) is 26.8 Å². The first-order valence-electron chi connectivity index (χ1n) is 12.6. The highest BCUT2D eigenvalue weighted by Gasteiger charge is 2.26. The zero-order valence-corrected chi connectivity index (χ0v) is 20.4. The highest BCUT2D eigenvalue weighted by molar-refractivity contribution is 7.91. The third-order valence-electron chi connectivity index (χ3n) is 5.77. The van der Waals surface area contributed by atoms with Crippen molar-refractivity contribution in [2.24, 2.45) is 0 Å². The Morgan fingerprint density at radius 2 is 0.964 bits per heavy atom. The molecule has 1 N–H and O–H groups in total. The van der Waals surface area contributed by atoms with E-state index in [-0.39, 0.29) is 0 Å². The molecule has 0 fully saturated rings. The SMILES string of the molecule is CCCCCCCCCCCC[S+]([O-])CC(C)(O)CCCCCCCCCC. The molecule has 0 saturated carbocycles. The van der Waals surface area contributed by atoms with Gasteiger partial charge in [-0.05, 0) is 26.2 Å². The zero-order chi connectivity index (χ0) is 20.9. The van der Waals surface area contributed by atoms with Gasteiger partial charge in [0.2, 0.25) is 0 Å². The van der Waals surface area contributed by atoms with E-state index >= 15 is 0 Å². The van der Waals surface area contributed by atoms with E-state index in [1.807, 2.05) is 6.92 Å². The lowest BCUT2D eigenvalue weighted by Crippen LogP contribution is -2.34. The molecule has 0 aliphatic carbocycles. The molecular formula is C25H52O2S. The standard InChI is InChI=1S/C25H52O2S/c1-4-6-8-10-12-14-15-17-19-21-23-28(27)24-25(3,26)22-20-18-16-13-11-9-7-5-2/h26H,4-24H2,1-3H3. The van der Waals surface area contributed by atoms with Crippen LogP contribution >= 0.6 is 0 Å². The molecule has 2 nitrogen and oxygen atoms in total. The van der Waals surface area contributed by atoms with Gasteiger partial charge in [-0.15, -0.1) is 0 Å². The average Bonchev–Trinajstić information content (AvgIpc) is 2.65. The van der Waals surface area contributed by atoms with Crippen LogP contribution in [0.1, 0.15) is 143 Å². The summed E-state index contributed by atoms with van der Waals surface area (Å²) in [4.78, 5) is 0. The maximum absolute atomic E-state index is 12.3. The Bertz CT molecular complexity index is 307. The molecule has 2 unspecified atom stereocenters. The van der Waals surface area contributed by atoms with Crippen LogP contribution in [0.5, 0.6) is 0 Å². The van der Waals surface area contributed by atoms with Gasteiger partial charge in [-0.2, -0.15) is 0 Å². The lowest BCUT2D eigenvalue weighted by atomic mass is 9.99. The van der Waals surface area contributed by atoms with E-state index in [1.54, 1.807) is 0 Å². The molecule has 0 aliphatic rings. The highest BCUT2D eigenvalue weighted by atomic mass is 32.2. The molecule has 0 aromatic carbocycles. The Kier molecular flexibility index (Phi) is 20.7. The van der Waals surface area contributed by atoms with E-state index in [0.29, 0.717) is 5.75 Å². The molecule has 0 aromatic heterocycles. The van der Waals surface area contributed by atoms with E-state index in [0.717, 1.165) is 25.0 Å². The summed E-state index contributed by atoms with van der Waals surface area (Å²) >= 11 is -0.865. The van der Waals surface area contributed by atoms with Crippen LogP contribution in [-0.2, 0) is 11.2 Å². The molecule has 0 radical (unpaired) electrons. The number of hydrogen-bond acceptors (Lipinski definition) is 2. The Hall–Kier alpha value is 0.270. The van der Waals surface area contributed by atoms with Crippen LogP contribution in [0, 0.1) is 0 Å². The molecule has 0 rings (SSSR count). The van der Waals surface area contributed by atoms with Crippen molar-refractivity contribution in [2.75, 3.05) is 11.5 Å². The van der Waals surface area contributed by atoms with Crippen LogP contribution < -0.4 is 0 Å². The van der Waals surface area contributed by atoms with E-state index < -0.39 is 16.8 Å². The first kappa shape index (κ1) is 28.3. The third kappa shape index (κ3) is 21.0. The normalized spacial score (nSPS) is 14.9. The minimum absolute atomic E-state index is 0.459. The quantitative estimate of drug-likeness (QED) is 0.144. The fourth-order valence-electron chi connectivity index (χ4n) is 3.88. The summed E-state index contributed by atoms with van der Waals surface area (Å²) in [5.41, 5.74) is -0.744. The van der Waals surface area contributed by atoms with Crippen molar-refractivity contribution in [3.63, 3.8) is 0 Å². The fourth-order valence-corrected chi connectivity index (χ4v) is 5.39. The number of hydrogen-bond donors (Lipinski definition) is 1. The van der Waals surface area contributed by atoms with Crippen LogP contribution in [0.2, 0.25) is 0 Å². The maximum atomic E-state index is 12.3.